The maximum absolute atomic E-state index is 12.1. The fraction of sp³-hybridized carbons (Fsp3) is 0.273. The highest BCUT2D eigenvalue weighted by molar-refractivity contribution is 5.83. The van der Waals surface area contributed by atoms with Crippen LogP contribution < -0.4 is 4.74 Å². The summed E-state index contributed by atoms with van der Waals surface area (Å²) in [5, 5.41) is 18.0. The first kappa shape index (κ1) is 14.0. The van der Waals surface area contributed by atoms with E-state index in [0.29, 0.717) is 6.29 Å². The number of benzene rings is 1. The van der Waals surface area contributed by atoms with Crippen LogP contribution >= 0.6 is 0 Å². The van der Waals surface area contributed by atoms with E-state index in [1.807, 2.05) is 0 Å². The van der Waals surface area contributed by atoms with Crippen LogP contribution in [0.4, 0.5) is 8.78 Å². The monoisotopic (exact) mass is 260 g/mol. The van der Waals surface area contributed by atoms with E-state index >= 15 is 0 Å². The summed E-state index contributed by atoms with van der Waals surface area (Å²) in [6.07, 6.45) is -1.65. The van der Waals surface area contributed by atoms with Gasteiger partial charge in [0.1, 0.15) is 12.0 Å². The van der Waals surface area contributed by atoms with E-state index in [1.54, 1.807) is 0 Å². The number of aliphatic hydroxyl groups is 1. The highest BCUT2D eigenvalue weighted by atomic mass is 19.3. The highest BCUT2D eigenvalue weighted by Gasteiger charge is 2.22. The molecule has 98 valence electrons. The number of carbonyl (C=O) groups is 2. The number of carbonyl (C=O) groups excluding carboxylic acids is 1. The molecule has 1 aromatic carbocycles. The lowest BCUT2D eigenvalue weighted by atomic mass is 10.00. The van der Waals surface area contributed by atoms with Crippen molar-refractivity contribution in [2.24, 2.45) is 0 Å². The van der Waals surface area contributed by atoms with Gasteiger partial charge in [0.25, 0.3) is 0 Å². The Kier molecular flexibility index (Phi) is 4.33. The molecule has 0 aliphatic carbocycles. The number of rotatable bonds is 5. The van der Waals surface area contributed by atoms with Crippen LogP contribution in [0.5, 0.6) is 5.75 Å². The third-order valence-electron chi connectivity index (χ3n) is 2.25. The van der Waals surface area contributed by atoms with Gasteiger partial charge in [-0.15, -0.1) is 0 Å². The molecule has 0 saturated carbocycles. The molecular formula is C11H10F2O5. The van der Waals surface area contributed by atoms with E-state index in [9.17, 15) is 23.5 Å². The quantitative estimate of drug-likeness (QED) is 0.784. The first-order valence-electron chi connectivity index (χ1n) is 4.82. The summed E-state index contributed by atoms with van der Waals surface area (Å²) in [4.78, 5) is 21.4. The van der Waals surface area contributed by atoms with Crippen molar-refractivity contribution in [3.8, 4) is 5.75 Å². The molecule has 0 aliphatic heterocycles. The number of hydrogen-bond acceptors (Lipinski definition) is 4. The summed E-state index contributed by atoms with van der Waals surface area (Å²) < 4.78 is 28.4. The van der Waals surface area contributed by atoms with Gasteiger partial charge in [0.05, 0.1) is 0 Å². The van der Waals surface area contributed by atoms with E-state index < -0.39 is 18.7 Å². The van der Waals surface area contributed by atoms with Crippen LogP contribution in [0.25, 0.3) is 0 Å². The molecule has 18 heavy (non-hydrogen) atoms. The molecule has 2 N–H and O–H groups in total. The lowest BCUT2D eigenvalue weighted by Gasteiger charge is -2.14. The Morgan fingerprint density at radius 1 is 1.44 bits per heavy atom. The summed E-state index contributed by atoms with van der Waals surface area (Å²) in [5.41, 5.74) is -0.151. The van der Waals surface area contributed by atoms with Crippen LogP contribution in [0, 0.1) is 6.92 Å². The fourth-order valence-electron chi connectivity index (χ4n) is 1.42. The largest absolute Gasteiger partial charge is 0.479 e. The third kappa shape index (κ3) is 3.01. The van der Waals surface area contributed by atoms with E-state index in [-0.39, 0.29) is 22.4 Å². The van der Waals surface area contributed by atoms with Gasteiger partial charge in [-0.2, -0.15) is 8.78 Å². The van der Waals surface area contributed by atoms with Gasteiger partial charge in [-0.25, -0.2) is 4.79 Å². The fourth-order valence-corrected chi connectivity index (χ4v) is 1.42. The Balaban J connectivity index is 3.30. The van der Waals surface area contributed by atoms with E-state index in [4.69, 9.17) is 5.11 Å². The molecule has 0 bridgehead atoms. The molecule has 1 atom stereocenters. The zero-order valence-corrected chi connectivity index (χ0v) is 9.26. The van der Waals surface area contributed by atoms with Crippen LogP contribution in [-0.4, -0.2) is 29.1 Å². The maximum atomic E-state index is 12.1. The second-order valence-corrected chi connectivity index (χ2v) is 3.48. The van der Waals surface area contributed by atoms with Crippen molar-refractivity contribution in [2.45, 2.75) is 19.6 Å². The molecule has 7 heteroatoms. The molecular weight excluding hydrogens is 250 g/mol. The SMILES string of the molecule is Cc1cc(C=O)c(C(O)C(=O)O)cc1OC(F)F. The standard InChI is InChI=1S/C11H10F2O5/c1-5-2-6(4-14)7(9(15)10(16)17)3-8(5)18-11(12)13/h2-4,9,11,15H,1H3,(H,16,17). The van der Waals surface area contributed by atoms with Crippen LogP contribution in [-0.2, 0) is 4.79 Å². The number of hydrogen-bond donors (Lipinski definition) is 2. The third-order valence-corrected chi connectivity index (χ3v) is 2.25. The number of carboxylic acids is 1. The summed E-state index contributed by atoms with van der Waals surface area (Å²) in [6, 6.07) is 2.09. The summed E-state index contributed by atoms with van der Waals surface area (Å²) in [5.74, 6) is -1.88. The minimum atomic E-state index is -3.08. The lowest BCUT2D eigenvalue weighted by molar-refractivity contribution is -0.146. The van der Waals surface area contributed by atoms with Crippen molar-refractivity contribution in [3.05, 3.63) is 28.8 Å². The van der Waals surface area contributed by atoms with Crippen molar-refractivity contribution in [2.75, 3.05) is 0 Å². The Bertz CT molecular complexity index is 473. The number of aryl methyl sites for hydroxylation is 1. The van der Waals surface area contributed by atoms with Crippen molar-refractivity contribution in [1.29, 1.82) is 0 Å². The van der Waals surface area contributed by atoms with Crippen LogP contribution in [0.1, 0.15) is 27.6 Å². The van der Waals surface area contributed by atoms with Gasteiger partial charge < -0.3 is 14.9 Å². The topological polar surface area (TPSA) is 83.8 Å². The van der Waals surface area contributed by atoms with E-state index in [1.165, 1.54) is 13.0 Å². The Hall–Kier alpha value is -2.02. The second kappa shape index (κ2) is 5.54. The van der Waals surface area contributed by atoms with Gasteiger partial charge in [0.15, 0.2) is 6.10 Å². The van der Waals surface area contributed by atoms with Gasteiger partial charge in [-0.1, -0.05) is 0 Å². The number of aliphatic hydroxyl groups excluding tert-OH is 1. The van der Waals surface area contributed by atoms with Crippen LogP contribution in [0.2, 0.25) is 0 Å². The number of carboxylic acid groups (broad SMARTS) is 1. The van der Waals surface area contributed by atoms with Gasteiger partial charge in [0, 0.05) is 11.1 Å². The maximum Gasteiger partial charge on any atom is 0.387 e. The van der Waals surface area contributed by atoms with Gasteiger partial charge in [-0.05, 0) is 24.6 Å². The van der Waals surface area contributed by atoms with Crippen molar-refractivity contribution >= 4 is 12.3 Å². The lowest BCUT2D eigenvalue weighted by Crippen LogP contribution is -2.14. The molecule has 1 aromatic rings. The average molecular weight is 260 g/mol. The average Bonchev–Trinajstić information content (AvgIpc) is 2.29. The Morgan fingerprint density at radius 3 is 2.50 bits per heavy atom. The van der Waals surface area contributed by atoms with Crippen molar-refractivity contribution < 1.29 is 33.3 Å². The Labute approximate surface area is 101 Å². The van der Waals surface area contributed by atoms with Crippen LogP contribution in [0.15, 0.2) is 12.1 Å². The predicted octanol–water partition coefficient (Wildman–Crippen LogP) is 1.53. The molecule has 1 rings (SSSR count). The molecule has 0 heterocycles. The first-order valence-corrected chi connectivity index (χ1v) is 4.82. The predicted molar refractivity (Wildman–Crippen MR) is 55.8 cm³/mol. The molecule has 0 aliphatic rings. The number of halogens is 2. The number of aldehydes is 1. The normalized spacial score (nSPS) is 12.3. The summed E-state index contributed by atoms with van der Waals surface area (Å²) in [7, 11) is 0. The number of alkyl halides is 2. The molecule has 0 radical (unpaired) electrons. The zero-order chi connectivity index (χ0) is 13.9. The minimum absolute atomic E-state index is 0.0935. The van der Waals surface area contributed by atoms with Gasteiger partial charge in [-0.3, -0.25) is 4.79 Å². The molecule has 0 saturated heterocycles. The van der Waals surface area contributed by atoms with E-state index in [2.05, 4.69) is 4.74 Å². The molecule has 0 aromatic heterocycles. The smallest absolute Gasteiger partial charge is 0.387 e. The molecule has 5 nitrogen and oxygen atoms in total. The van der Waals surface area contributed by atoms with Crippen molar-refractivity contribution in [1.82, 2.24) is 0 Å². The highest BCUT2D eigenvalue weighted by Crippen LogP contribution is 2.28. The number of ether oxygens (including phenoxy) is 1. The molecule has 0 spiro atoms. The van der Waals surface area contributed by atoms with Crippen LogP contribution in [0.3, 0.4) is 0 Å². The second-order valence-electron chi connectivity index (χ2n) is 3.48. The summed E-state index contributed by atoms with van der Waals surface area (Å²) in [6.45, 7) is -1.66. The Morgan fingerprint density at radius 2 is 2.06 bits per heavy atom. The summed E-state index contributed by atoms with van der Waals surface area (Å²) >= 11 is 0. The first-order chi connectivity index (χ1) is 8.36. The molecule has 0 amide bonds. The van der Waals surface area contributed by atoms with Gasteiger partial charge >= 0.3 is 12.6 Å². The molecule has 0 fully saturated rings. The molecule has 1 unspecified atom stereocenters. The van der Waals surface area contributed by atoms with Crippen molar-refractivity contribution in [3.63, 3.8) is 0 Å². The van der Waals surface area contributed by atoms with Gasteiger partial charge in [0.2, 0.25) is 0 Å². The number of aliphatic carboxylic acids is 1. The van der Waals surface area contributed by atoms with E-state index in [0.717, 1.165) is 6.07 Å². The minimum Gasteiger partial charge on any atom is -0.479 e. The zero-order valence-electron chi connectivity index (χ0n) is 9.26.